The minimum absolute atomic E-state index is 0.0184. The number of carbonyl (C=O) groups excluding carboxylic acids is 1. The summed E-state index contributed by atoms with van der Waals surface area (Å²) in [6.07, 6.45) is -0.355. The van der Waals surface area contributed by atoms with Crippen LogP contribution < -0.4 is 5.32 Å². The van der Waals surface area contributed by atoms with Gasteiger partial charge in [-0.05, 0) is 31.9 Å². The molecule has 0 bridgehead atoms. The quantitative estimate of drug-likeness (QED) is 0.837. The fourth-order valence-electron chi connectivity index (χ4n) is 2.20. The van der Waals surface area contributed by atoms with E-state index in [1.807, 2.05) is 20.8 Å². The van der Waals surface area contributed by atoms with Crippen molar-refractivity contribution >= 4 is 6.03 Å². The van der Waals surface area contributed by atoms with Gasteiger partial charge in [-0.25, -0.2) is 4.79 Å². The third-order valence-electron chi connectivity index (χ3n) is 3.39. The summed E-state index contributed by atoms with van der Waals surface area (Å²) in [4.78, 5) is 13.5. The highest BCUT2D eigenvalue weighted by molar-refractivity contribution is 5.75. The molecule has 98 valence electrons. The van der Waals surface area contributed by atoms with Crippen molar-refractivity contribution in [2.24, 2.45) is 0 Å². The first-order valence-electron chi connectivity index (χ1n) is 6.28. The molecule has 1 aliphatic rings. The van der Waals surface area contributed by atoms with Gasteiger partial charge in [0.2, 0.25) is 0 Å². The smallest absolute Gasteiger partial charge is 0.318 e. The Morgan fingerprint density at radius 1 is 1.44 bits per heavy atom. The summed E-state index contributed by atoms with van der Waals surface area (Å²) < 4.78 is 0. The maximum absolute atomic E-state index is 11.9. The molecule has 4 heteroatoms. The van der Waals surface area contributed by atoms with E-state index in [2.05, 4.69) is 23.5 Å². The maximum Gasteiger partial charge on any atom is 0.318 e. The van der Waals surface area contributed by atoms with Crippen LogP contribution in [0.5, 0.6) is 0 Å². The van der Waals surface area contributed by atoms with Gasteiger partial charge in [-0.2, -0.15) is 0 Å². The Morgan fingerprint density at radius 2 is 2.11 bits per heavy atom. The second-order valence-corrected chi connectivity index (χ2v) is 5.09. The first-order valence-corrected chi connectivity index (χ1v) is 6.28. The Bertz CT molecular complexity index is 453. The summed E-state index contributed by atoms with van der Waals surface area (Å²) in [7, 11) is 0. The number of aliphatic hydroxyl groups excluding tert-OH is 1. The van der Waals surface area contributed by atoms with Gasteiger partial charge in [-0.3, -0.25) is 0 Å². The van der Waals surface area contributed by atoms with E-state index in [9.17, 15) is 9.90 Å². The molecule has 1 saturated heterocycles. The van der Waals surface area contributed by atoms with E-state index in [4.69, 9.17) is 0 Å². The number of aliphatic hydroxyl groups is 1. The van der Waals surface area contributed by atoms with E-state index >= 15 is 0 Å². The first kappa shape index (κ1) is 12.9. The Hall–Kier alpha value is -1.55. The van der Waals surface area contributed by atoms with Crippen molar-refractivity contribution in [3.05, 3.63) is 34.9 Å². The van der Waals surface area contributed by atoms with Gasteiger partial charge in [0, 0.05) is 0 Å². The monoisotopic (exact) mass is 248 g/mol. The third kappa shape index (κ3) is 2.64. The van der Waals surface area contributed by atoms with Gasteiger partial charge in [0.1, 0.15) is 0 Å². The molecule has 4 nitrogen and oxygen atoms in total. The van der Waals surface area contributed by atoms with Crippen LogP contribution >= 0.6 is 0 Å². The van der Waals surface area contributed by atoms with Gasteiger partial charge in [-0.1, -0.05) is 23.8 Å². The van der Waals surface area contributed by atoms with Gasteiger partial charge in [0.15, 0.2) is 0 Å². The van der Waals surface area contributed by atoms with E-state index < -0.39 is 0 Å². The maximum atomic E-state index is 11.9. The lowest BCUT2D eigenvalue weighted by molar-refractivity contribution is 0.0259. The lowest BCUT2D eigenvalue weighted by Gasteiger charge is -2.36. The normalized spacial score (nSPS) is 17.2. The van der Waals surface area contributed by atoms with Gasteiger partial charge >= 0.3 is 6.03 Å². The molecule has 0 spiro atoms. The Labute approximate surface area is 108 Å². The second kappa shape index (κ2) is 4.98. The number of urea groups is 1. The number of rotatable bonds is 2. The molecule has 1 aromatic rings. The van der Waals surface area contributed by atoms with Crippen LogP contribution in [-0.2, 0) is 0 Å². The molecule has 0 unspecified atom stereocenters. The number of hydrogen-bond donors (Lipinski definition) is 2. The lowest BCUT2D eigenvalue weighted by atomic mass is 10.00. The van der Waals surface area contributed by atoms with Gasteiger partial charge < -0.3 is 15.3 Å². The summed E-state index contributed by atoms with van der Waals surface area (Å²) in [5, 5.41) is 12.1. The number of aryl methyl sites for hydroxylation is 2. The van der Waals surface area contributed by atoms with Crippen LogP contribution in [0.1, 0.15) is 29.7 Å². The van der Waals surface area contributed by atoms with Gasteiger partial charge in [-0.15, -0.1) is 0 Å². The molecular weight excluding hydrogens is 228 g/mol. The number of nitrogens with one attached hydrogen (secondary N) is 1. The molecule has 0 radical (unpaired) electrons. The van der Waals surface area contributed by atoms with Crippen molar-refractivity contribution in [2.45, 2.75) is 32.9 Å². The van der Waals surface area contributed by atoms with E-state index in [0.29, 0.717) is 13.1 Å². The number of hydrogen-bond acceptors (Lipinski definition) is 2. The van der Waals surface area contributed by atoms with Gasteiger partial charge in [0.25, 0.3) is 0 Å². The molecule has 2 N–H and O–H groups in total. The number of amides is 2. The van der Waals surface area contributed by atoms with Crippen LogP contribution in [0, 0.1) is 13.8 Å². The molecule has 2 amide bonds. The summed E-state index contributed by atoms with van der Waals surface area (Å²) in [5.41, 5.74) is 3.51. The van der Waals surface area contributed by atoms with E-state index in [-0.39, 0.29) is 18.2 Å². The third-order valence-corrected chi connectivity index (χ3v) is 3.39. The Balaban J connectivity index is 2.01. The molecule has 1 aliphatic heterocycles. The molecule has 2 rings (SSSR count). The van der Waals surface area contributed by atoms with E-state index in [1.54, 1.807) is 4.90 Å². The number of carbonyl (C=O) groups is 1. The SMILES string of the molecule is Cc1ccc(C)c([C@@H](C)NC(=O)N2CC(O)C2)c1. The summed E-state index contributed by atoms with van der Waals surface area (Å²) >= 11 is 0. The average molecular weight is 248 g/mol. The standard InChI is InChI=1S/C14H20N2O2/c1-9-4-5-10(2)13(6-9)11(3)15-14(18)16-7-12(17)8-16/h4-6,11-12,17H,7-8H2,1-3H3,(H,15,18)/t11-/m1/s1. The molecule has 1 aromatic carbocycles. The van der Waals surface area contributed by atoms with E-state index in [1.165, 1.54) is 11.1 Å². The number of benzene rings is 1. The first-order chi connectivity index (χ1) is 8.47. The van der Waals surface area contributed by atoms with Gasteiger partial charge in [0.05, 0.1) is 25.2 Å². The Kier molecular flexibility index (Phi) is 3.57. The zero-order chi connectivity index (χ0) is 13.3. The average Bonchev–Trinajstić information content (AvgIpc) is 2.27. The molecule has 1 atom stereocenters. The van der Waals surface area contributed by atoms with E-state index in [0.717, 1.165) is 5.56 Å². The van der Waals surface area contributed by atoms with Crippen molar-refractivity contribution in [1.29, 1.82) is 0 Å². The summed E-state index contributed by atoms with van der Waals surface area (Å²) in [5.74, 6) is 0. The predicted octanol–water partition coefficient (Wildman–Crippen LogP) is 1.75. The highest BCUT2D eigenvalue weighted by atomic mass is 16.3. The Morgan fingerprint density at radius 3 is 2.72 bits per heavy atom. The zero-order valence-corrected chi connectivity index (χ0v) is 11.1. The molecule has 1 fully saturated rings. The molecular formula is C14H20N2O2. The topological polar surface area (TPSA) is 52.6 Å². The lowest BCUT2D eigenvalue weighted by Crippen LogP contribution is -2.56. The van der Waals surface area contributed by atoms with Crippen molar-refractivity contribution in [3.8, 4) is 0 Å². The zero-order valence-electron chi connectivity index (χ0n) is 11.1. The molecule has 0 saturated carbocycles. The fraction of sp³-hybridized carbons (Fsp3) is 0.500. The van der Waals surface area contributed by atoms with Crippen LogP contribution in [0.25, 0.3) is 0 Å². The van der Waals surface area contributed by atoms with Crippen LogP contribution in [-0.4, -0.2) is 35.2 Å². The van der Waals surface area contributed by atoms with Crippen LogP contribution in [0.2, 0.25) is 0 Å². The number of β-amino-alcohol motifs (C(OH)–C–C–N with tert-alkyl or cyclic N) is 1. The summed E-state index contributed by atoms with van der Waals surface area (Å²) in [6, 6.07) is 6.12. The largest absolute Gasteiger partial charge is 0.389 e. The van der Waals surface area contributed by atoms with Crippen LogP contribution in [0.4, 0.5) is 4.79 Å². The van der Waals surface area contributed by atoms with Crippen LogP contribution in [0.3, 0.4) is 0 Å². The minimum Gasteiger partial charge on any atom is -0.389 e. The number of nitrogens with zero attached hydrogens (tertiary/aromatic N) is 1. The summed E-state index contributed by atoms with van der Waals surface area (Å²) in [6.45, 7) is 6.95. The van der Waals surface area contributed by atoms with Crippen molar-refractivity contribution < 1.29 is 9.90 Å². The highest BCUT2D eigenvalue weighted by Crippen LogP contribution is 2.19. The molecule has 18 heavy (non-hydrogen) atoms. The molecule has 0 aromatic heterocycles. The van der Waals surface area contributed by atoms with Crippen LogP contribution in [0.15, 0.2) is 18.2 Å². The molecule has 0 aliphatic carbocycles. The minimum atomic E-state index is -0.355. The van der Waals surface area contributed by atoms with Crippen molar-refractivity contribution in [2.75, 3.05) is 13.1 Å². The number of likely N-dealkylation sites (tertiary alicyclic amines) is 1. The fourth-order valence-corrected chi connectivity index (χ4v) is 2.20. The van der Waals surface area contributed by atoms with Crippen molar-refractivity contribution in [3.63, 3.8) is 0 Å². The molecule has 1 heterocycles. The van der Waals surface area contributed by atoms with Crippen molar-refractivity contribution in [1.82, 2.24) is 10.2 Å². The predicted molar refractivity (Wildman–Crippen MR) is 70.4 cm³/mol. The highest BCUT2D eigenvalue weighted by Gasteiger charge is 2.29. The second-order valence-electron chi connectivity index (χ2n) is 5.09.